The van der Waals surface area contributed by atoms with Gasteiger partial charge in [-0.15, -0.1) is 23.1 Å². The molecule has 0 amide bonds. The van der Waals surface area contributed by atoms with E-state index in [0.29, 0.717) is 11.2 Å². The summed E-state index contributed by atoms with van der Waals surface area (Å²) in [7, 11) is 0. The smallest absolute Gasteiger partial charge is 0.0640 e. The molecule has 7 aromatic carbocycles. The summed E-state index contributed by atoms with van der Waals surface area (Å²) in [4.78, 5) is 6.18. The number of thioether (sulfide) groups is 1. The van der Waals surface area contributed by atoms with Gasteiger partial charge in [0.15, 0.2) is 0 Å². The molecule has 2 unspecified atom stereocenters. The van der Waals surface area contributed by atoms with Crippen molar-refractivity contribution in [3.05, 3.63) is 200 Å². The van der Waals surface area contributed by atoms with Gasteiger partial charge in [0, 0.05) is 60.0 Å². The second-order valence-electron chi connectivity index (χ2n) is 13.3. The molecular weight excluding hydrogens is 669 g/mol. The minimum Gasteiger partial charge on any atom is -0.310 e. The van der Waals surface area contributed by atoms with E-state index in [2.05, 4.69) is 204 Å². The van der Waals surface area contributed by atoms with Crippen molar-refractivity contribution in [3.8, 4) is 11.1 Å². The van der Waals surface area contributed by atoms with Crippen molar-refractivity contribution >= 4 is 77.4 Å². The molecule has 2 aliphatic rings. The number of rotatable bonds is 7. The number of para-hydroxylation sites is 2. The lowest BCUT2D eigenvalue weighted by molar-refractivity contribution is 0.881. The summed E-state index contributed by atoms with van der Waals surface area (Å²) < 4.78 is 2.56. The second kappa shape index (κ2) is 13.1. The fraction of sp³-hybridized carbons (Fsp3) is 0.0417. The zero-order valence-corrected chi connectivity index (χ0v) is 30.0. The van der Waals surface area contributed by atoms with Crippen LogP contribution in [0.2, 0.25) is 0 Å². The van der Waals surface area contributed by atoms with E-state index in [9.17, 15) is 0 Å². The summed E-state index contributed by atoms with van der Waals surface area (Å²) in [5.74, 6) is 0.446. The Balaban J connectivity index is 1.09. The molecule has 2 atom stereocenters. The molecule has 8 aromatic rings. The summed E-state index contributed by atoms with van der Waals surface area (Å²) in [6.07, 6.45) is 9.07. The number of anilines is 6. The topological polar surface area (TPSA) is 6.48 Å². The van der Waals surface area contributed by atoms with E-state index < -0.39 is 0 Å². The third-order valence-electron chi connectivity index (χ3n) is 10.2. The van der Waals surface area contributed by atoms with Crippen LogP contribution in [0.25, 0.3) is 31.3 Å². The lowest BCUT2D eigenvalue weighted by Crippen LogP contribution is -2.10. The maximum atomic E-state index is 2.44. The van der Waals surface area contributed by atoms with Crippen LogP contribution < -0.4 is 9.80 Å². The van der Waals surface area contributed by atoms with Gasteiger partial charge in [-0.25, -0.2) is 0 Å². The Morgan fingerprint density at radius 1 is 0.442 bits per heavy atom. The molecular formula is C48H34N2S2. The molecule has 0 radical (unpaired) electrons. The molecule has 0 saturated carbocycles. The molecule has 0 bridgehead atoms. The van der Waals surface area contributed by atoms with Gasteiger partial charge in [-0.2, -0.15) is 0 Å². The van der Waals surface area contributed by atoms with Crippen molar-refractivity contribution in [1.82, 2.24) is 0 Å². The van der Waals surface area contributed by atoms with E-state index in [1.54, 1.807) is 0 Å². The molecule has 248 valence electrons. The van der Waals surface area contributed by atoms with Crippen LogP contribution in [0.4, 0.5) is 34.1 Å². The molecule has 0 N–H and O–H groups in total. The Labute approximate surface area is 312 Å². The van der Waals surface area contributed by atoms with Crippen LogP contribution in [0.1, 0.15) is 11.5 Å². The fourth-order valence-electron chi connectivity index (χ4n) is 7.72. The lowest BCUT2D eigenvalue weighted by Gasteiger charge is -2.26. The number of fused-ring (bicyclic) bond motifs is 6. The van der Waals surface area contributed by atoms with Crippen molar-refractivity contribution in [3.63, 3.8) is 0 Å². The highest BCUT2D eigenvalue weighted by atomic mass is 32.2. The molecule has 52 heavy (non-hydrogen) atoms. The standard InChI is InChI=1S/C48H34N2S2/c1-4-13-33(14-5-1)34-23-25-37(26-24-34)49(35-15-6-2-7-16-35)38-28-30-46-43(31-38)42-20-12-21-44(48(42)52-46)50(36-17-8-3-9-18-36)39-27-29-41-40-19-10-11-22-45(40)51-47(41)32-39/h1-32,40,45H. The molecule has 0 fully saturated rings. The number of allylic oxidation sites excluding steroid dienone is 3. The minimum atomic E-state index is 0.446. The van der Waals surface area contributed by atoms with Crippen molar-refractivity contribution in [1.29, 1.82) is 0 Å². The quantitative estimate of drug-likeness (QED) is 0.163. The van der Waals surface area contributed by atoms with Crippen molar-refractivity contribution in [2.45, 2.75) is 16.1 Å². The predicted octanol–water partition coefficient (Wildman–Crippen LogP) is 14.3. The van der Waals surface area contributed by atoms with Crippen molar-refractivity contribution in [2.24, 2.45) is 0 Å². The maximum absolute atomic E-state index is 2.44. The van der Waals surface area contributed by atoms with E-state index in [1.165, 1.54) is 53.1 Å². The summed E-state index contributed by atoms with van der Waals surface area (Å²) in [5, 5.41) is 3.00. The summed E-state index contributed by atoms with van der Waals surface area (Å²) in [6.45, 7) is 0. The van der Waals surface area contributed by atoms with Gasteiger partial charge in [-0.05, 0) is 89.5 Å². The summed E-state index contributed by atoms with van der Waals surface area (Å²) in [5.41, 5.74) is 10.8. The van der Waals surface area contributed by atoms with Gasteiger partial charge in [0.05, 0.1) is 10.4 Å². The maximum Gasteiger partial charge on any atom is 0.0640 e. The Morgan fingerprint density at radius 3 is 1.83 bits per heavy atom. The van der Waals surface area contributed by atoms with Crippen molar-refractivity contribution in [2.75, 3.05) is 9.80 Å². The molecule has 2 nitrogen and oxygen atoms in total. The van der Waals surface area contributed by atoms with E-state index in [-0.39, 0.29) is 0 Å². The molecule has 1 aliphatic heterocycles. The normalized spacial score (nSPS) is 15.8. The number of benzene rings is 7. The zero-order chi connectivity index (χ0) is 34.4. The highest BCUT2D eigenvalue weighted by Crippen LogP contribution is 2.51. The monoisotopic (exact) mass is 702 g/mol. The number of hydrogen-bond acceptors (Lipinski definition) is 4. The molecule has 2 heterocycles. The van der Waals surface area contributed by atoms with E-state index >= 15 is 0 Å². The number of hydrogen-bond donors (Lipinski definition) is 0. The van der Waals surface area contributed by atoms with Crippen LogP contribution in [-0.4, -0.2) is 5.25 Å². The van der Waals surface area contributed by atoms with Gasteiger partial charge >= 0.3 is 0 Å². The molecule has 1 aromatic heterocycles. The molecule has 4 heteroatoms. The average molecular weight is 703 g/mol. The number of thiophene rings is 1. The van der Waals surface area contributed by atoms with Gasteiger partial charge in [0.2, 0.25) is 0 Å². The van der Waals surface area contributed by atoms with Crippen LogP contribution in [0, 0.1) is 0 Å². The highest BCUT2D eigenvalue weighted by molar-refractivity contribution is 8.00. The Hall–Kier alpha value is -5.81. The lowest BCUT2D eigenvalue weighted by atomic mass is 9.92. The molecule has 0 spiro atoms. The van der Waals surface area contributed by atoms with E-state index in [4.69, 9.17) is 0 Å². The second-order valence-corrected chi connectivity index (χ2v) is 15.6. The Bertz CT molecular complexity index is 2610. The SMILES string of the molecule is C1=CC2Sc3cc(N(c4ccccc4)c4cccc5c4sc4ccc(N(c6ccccc6)c6ccc(-c7ccccc7)cc6)cc45)ccc3C2C=C1. The number of nitrogens with zero attached hydrogens (tertiary/aromatic N) is 2. The first-order chi connectivity index (χ1) is 25.8. The Morgan fingerprint density at radius 2 is 1.06 bits per heavy atom. The van der Waals surface area contributed by atoms with E-state index in [1.807, 2.05) is 23.1 Å². The molecule has 10 rings (SSSR count). The van der Waals surface area contributed by atoms with Gasteiger partial charge in [-0.3, -0.25) is 0 Å². The average Bonchev–Trinajstić information content (AvgIpc) is 3.78. The van der Waals surface area contributed by atoms with Gasteiger partial charge < -0.3 is 9.80 Å². The molecule has 1 aliphatic carbocycles. The first-order valence-corrected chi connectivity index (χ1v) is 19.4. The summed E-state index contributed by atoms with van der Waals surface area (Å²) >= 11 is 3.86. The van der Waals surface area contributed by atoms with E-state index in [0.717, 1.165) is 22.7 Å². The highest BCUT2D eigenvalue weighted by Gasteiger charge is 2.32. The predicted molar refractivity (Wildman–Crippen MR) is 225 cm³/mol. The Kier molecular flexibility index (Phi) is 7.78. The fourth-order valence-corrected chi connectivity index (χ4v) is 10.3. The van der Waals surface area contributed by atoms with Crippen LogP contribution in [0.3, 0.4) is 0 Å². The van der Waals surface area contributed by atoms with Gasteiger partial charge in [0.1, 0.15) is 0 Å². The summed E-state index contributed by atoms with van der Waals surface area (Å²) in [6, 6.07) is 61.8. The van der Waals surface area contributed by atoms with Gasteiger partial charge in [-0.1, -0.05) is 121 Å². The third-order valence-corrected chi connectivity index (χ3v) is 12.7. The molecule has 0 saturated heterocycles. The van der Waals surface area contributed by atoms with Crippen LogP contribution in [0.15, 0.2) is 199 Å². The van der Waals surface area contributed by atoms with Crippen molar-refractivity contribution < 1.29 is 0 Å². The largest absolute Gasteiger partial charge is 0.310 e. The van der Waals surface area contributed by atoms with Crippen LogP contribution in [0.5, 0.6) is 0 Å². The minimum absolute atomic E-state index is 0.446. The van der Waals surface area contributed by atoms with Crippen LogP contribution >= 0.6 is 23.1 Å². The zero-order valence-electron chi connectivity index (χ0n) is 28.3. The van der Waals surface area contributed by atoms with Crippen LogP contribution in [-0.2, 0) is 0 Å². The third kappa shape index (κ3) is 5.43. The first-order valence-electron chi connectivity index (χ1n) is 17.8. The first kappa shape index (κ1) is 31.0. The van der Waals surface area contributed by atoms with Gasteiger partial charge in [0.25, 0.3) is 0 Å².